The molecule has 2 nitrogen and oxygen atoms in total. The van der Waals surface area contributed by atoms with Gasteiger partial charge in [-0.3, -0.25) is 4.79 Å². The van der Waals surface area contributed by atoms with Crippen LogP contribution in [0.15, 0.2) is 28.9 Å². The fraction of sp³-hybridized carbons (Fsp3) is 0.125. The molecular weight excluding hydrogens is 128 g/mol. The van der Waals surface area contributed by atoms with Gasteiger partial charge in [-0.25, -0.2) is 0 Å². The van der Waals surface area contributed by atoms with Crippen molar-refractivity contribution in [2.24, 2.45) is 0 Å². The molecule has 0 amide bonds. The van der Waals surface area contributed by atoms with E-state index in [1.807, 2.05) is 0 Å². The first kappa shape index (κ1) is 6.81. The van der Waals surface area contributed by atoms with Crippen LogP contribution in [-0.4, -0.2) is 5.78 Å². The number of rotatable bonds is 2. The molecule has 0 fully saturated rings. The van der Waals surface area contributed by atoms with Crippen molar-refractivity contribution < 1.29 is 9.21 Å². The zero-order chi connectivity index (χ0) is 7.40. The highest BCUT2D eigenvalue weighted by Gasteiger charge is 1.87. The molecule has 0 saturated carbocycles. The average Bonchev–Trinajstić information content (AvgIpc) is 2.34. The summed E-state index contributed by atoms with van der Waals surface area (Å²) >= 11 is 0. The zero-order valence-corrected chi connectivity index (χ0v) is 5.70. The van der Waals surface area contributed by atoms with E-state index >= 15 is 0 Å². The van der Waals surface area contributed by atoms with E-state index < -0.39 is 0 Å². The van der Waals surface area contributed by atoms with Crippen molar-refractivity contribution in [3.63, 3.8) is 0 Å². The average molecular weight is 136 g/mol. The molecule has 0 bridgehead atoms. The molecule has 2 heteroatoms. The maximum atomic E-state index is 10.4. The number of hydrogen-bond acceptors (Lipinski definition) is 2. The summed E-state index contributed by atoms with van der Waals surface area (Å²) in [4.78, 5) is 10.4. The van der Waals surface area contributed by atoms with Crippen LogP contribution in [0.25, 0.3) is 6.08 Å². The van der Waals surface area contributed by atoms with Gasteiger partial charge < -0.3 is 4.42 Å². The topological polar surface area (TPSA) is 30.2 Å². The second-order valence-corrected chi connectivity index (χ2v) is 1.96. The predicted molar refractivity (Wildman–Crippen MR) is 38.4 cm³/mol. The smallest absolute Gasteiger partial charge is 0.152 e. The quantitative estimate of drug-likeness (QED) is 0.581. The fourth-order valence-electron chi connectivity index (χ4n) is 0.586. The summed E-state index contributed by atoms with van der Waals surface area (Å²) < 4.78 is 4.94. The van der Waals surface area contributed by atoms with Gasteiger partial charge in [0.05, 0.1) is 6.26 Å². The molecule has 0 spiro atoms. The first-order valence-corrected chi connectivity index (χ1v) is 3.01. The Hall–Kier alpha value is -1.31. The monoisotopic (exact) mass is 136 g/mol. The van der Waals surface area contributed by atoms with Crippen LogP contribution in [0.4, 0.5) is 0 Å². The third-order valence-corrected chi connectivity index (χ3v) is 1.03. The van der Waals surface area contributed by atoms with Gasteiger partial charge in [0.1, 0.15) is 5.76 Å². The van der Waals surface area contributed by atoms with Crippen molar-refractivity contribution >= 4 is 11.9 Å². The summed E-state index contributed by atoms with van der Waals surface area (Å²) in [6, 6.07) is 3.57. The number of carbonyl (C=O) groups excluding carboxylic acids is 1. The first-order chi connectivity index (χ1) is 4.79. The molecule has 52 valence electrons. The van der Waals surface area contributed by atoms with Gasteiger partial charge in [-0.1, -0.05) is 0 Å². The molecule has 0 aliphatic carbocycles. The van der Waals surface area contributed by atoms with Crippen molar-refractivity contribution in [1.82, 2.24) is 0 Å². The van der Waals surface area contributed by atoms with Gasteiger partial charge in [0.2, 0.25) is 0 Å². The minimum atomic E-state index is 0.0244. The van der Waals surface area contributed by atoms with Crippen LogP contribution in [-0.2, 0) is 4.79 Å². The minimum absolute atomic E-state index is 0.0244. The van der Waals surface area contributed by atoms with Gasteiger partial charge in [0.25, 0.3) is 0 Å². The Bertz CT molecular complexity index is 232. The third kappa shape index (κ3) is 1.90. The lowest BCUT2D eigenvalue weighted by Crippen LogP contribution is -1.77. The summed E-state index contributed by atoms with van der Waals surface area (Å²) in [5.74, 6) is 0.728. The van der Waals surface area contributed by atoms with E-state index in [0.717, 1.165) is 0 Å². The van der Waals surface area contributed by atoms with Crippen LogP contribution in [0.5, 0.6) is 0 Å². The molecule has 0 aliphatic rings. The van der Waals surface area contributed by atoms with Gasteiger partial charge in [0, 0.05) is 0 Å². The maximum absolute atomic E-state index is 10.4. The van der Waals surface area contributed by atoms with Crippen molar-refractivity contribution in [1.29, 1.82) is 0 Å². The number of furan rings is 1. The SMILES string of the molecule is CC(=O)/C=C/c1ccco1. The molecule has 0 aromatic carbocycles. The van der Waals surface area contributed by atoms with Gasteiger partial charge >= 0.3 is 0 Å². The summed E-state index contributed by atoms with van der Waals surface area (Å²) in [5.41, 5.74) is 0. The fourth-order valence-corrected chi connectivity index (χ4v) is 0.586. The first-order valence-electron chi connectivity index (χ1n) is 3.01. The highest BCUT2D eigenvalue weighted by molar-refractivity contribution is 5.91. The van der Waals surface area contributed by atoms with Crippen LogP contribution in [0.2, 0.25) is 0 Å². The molecular formula is C8H8O2. The Labute approximate surface area is 59.2 Å². The molecule has 0 radical (unpaired) electrons. The van der Waals surface area contributed by atoms with Gasteiger partial charge in [-0.2, -0.15) is 0 Å². The van der Waals surface area contributed by atoms with Gasteiger partial charge in [-0.05, 0) is 31.2 Å². The molecule has 0 saturated heterocycles. The molecule has 0 aliphatic heterocycles. The Morgan fingerprint density at radius 2 is 2.50 bits per heavy atom. The van der Waals surface area contributed by atoms with Crippen molar-refractivity contribution in [3.8, 4) is 0 Å². The van der Waals surface area contributed by atoms with Crippen molar-refractivity contribution in [2.45, 2.75) is 6.92 Å². The highest BCUT2D eigenvalue weighted by Crippen LogP contribution is 2.01. The van der Waals surface area contributed by atoms with Gasteiger partial charge in [0.15, 0.2) is 5.78 Å². The molecule has 0 atom stereocenters. The normalized spacial score (nSPS) is 10.5. The van der Waals surface area contributed by atoms with Crippen LogP contribution < -0.4 is 0 Å². The lowest BCUT2D eigenvalue weighted by Gasteiger charge is -1.79. The van der Waals surface area contributed by atoms with Gasteiger partial charge in [-0.15, -0.1) is 0 Å². The molecule has 1 aromatic heterocycles. The van der Waals surface area contributed by atoms with E-state index in [-0.39, 0.29) is 5.78 Å². The Balaban J connectivity index is 2.64. The van der Waals surface area contributed by atoms with E-state index in [4.69, 9.17) is 4.42 Å². The minimum Gasteiger partial charge on any atom is -0.465 e. The molecule has 1 heterocycles. The second-order valence-electron chi connectivity index (χ2n) is 1.96. The molecule has 10 heavy (non-hydrogen) atoms. The Morgan fingerprint density at radius 3 is 3.00 bits per heavy atom. The highest BCUT2D eigenvalue weighted by atomic mass is 16.3. The summed E-state index contributed by atoms with van der Waals surface area (Å²) in [7, 11) is 0. The van der Waals surface area contributed by atoms with Crippen LogP contribution >= 0.6 is 0 Å². The summed E-state index contributed by atoms with van der Waals surface area (Å²) in [6.07, 6.45) is 4.68. The van der Waals surface area contributed by atoms with Crippen molar-refractivity contribution in [3.05, 3.63) is 30.2 Å². The Kier molecular flexibility index (Phi) is 2.05. The van der Waals surface area contributed by atoms with E-state index in [1.165, 1.54) is 13.0 Å². The standard InChI is InChI=1S/C8H8O2/c1-7(9)4-5-8-3-2-6-10-8/h2-6H,1H3/b5-4+. The summed E-state index contributed by atoms with van der Waals surface area (Å²) in [6.45, 7) is 1.50. The largest absolute Gasteiger partial charge is 0.465 e. The molecule has 1 aromatic rings. The molecule has 1 rings (SSSR count). The number of ketones is 1. The summed E-state index contributed by atoms with van der Waals surface area (Å²) in [5, 5.41) is 0. The van der Waals surface area contributed by atoms with E-state index in [1.54, 1.807) is 24.5 Å². The third-order valence-electron chi connectivity index (χ3n) is 1.03. The molecule has 0 N–H and O–H groups in total. The van der Waals surface area contributed by atoms with E-state index in [2.05, 4.69) is 0 Å². The van der Waals surface area contributed by atoms with Crippen LogP contribution in [0.3, 0.4) is 0 Å². The zero-order valence-electron chi connectivity index (χ0n) is 5.70. The van der Waals surface area contributed by atoms with Crippen molar-refractivity contribution in [2.75, 3.05) is 0 Å². The second kappa shape index (κ2) is 3.01. The Morgan fingerprint density at radius 1 is 1.70 bits per heavy atom. The van der Waals surface area contributed by atoms with E-state index in [9.17, 15) is 4.79 Å². The predicted octanol–water partition coefficient (Wildman–Crippen LogP) is 1.88. The molecule has 0 unspecified atom stereocenters. The van der Waals surface area contributed by atoms with Crippen LogP contribution in [0.1, 0.15) is 12.7 Å². The number of hydrogen-bond donors (Lipinski definition) is 0. The number of allylic oxidation sites excluding steroid dienone is 1. The van der Waals surface area contributed by atoms with E-state index in [0.29, 0.717) is 5.76 Å². The maximum Gasteiger partial charge on any atom is 0.152 e. The van der Waals surface area contributed by atoms with Crippen LogP contribution in [0, 0.1) is 0 Å². The number of carbonyl (C=O) groups is 1. The lowest BCUT2D eigenvalue weighted by molar-refractivity contribution is -0.112. The lowest BCUT2D eigenvalue weighted by atomic mass is 10.3.